The second-order valence-electron chi connectivity index (χ2n) is 5.39. The molecule has 0 aliphatic carbocycles. The van der Waals surface area contributed by atoms with E-state index >= 15 is 0 Å². The molecule has 1 aliphatic heterocycles. The van der Waals surface area contributed by atoms with Gasteiger partial charge in [-0.3, -0.25) is 4.79 Å². The van der Waals surface area contributed by atoms with Gasteiger partial charge in [-0.2, -0.15) is 0 Å². The predicted octanol–water partition coefficient (Wildman–Crippen LogP) is 3.43. The quantitative estimate of drug-likeness (QED) is 0.940. The molecule has 0 saturated carbocycles. The third kappa shape index (κ3) is 3.18. The van der Waals surface area contributed by atoms with E-state index in [1.807, 2.05) is 59.5 Å². The van der Waals surface area contributed by atoms with Gasteiger partial charge >= 0.3 is 0 Å². The molecule has 1 fully saturated rings. The Hall–Kier alpha value is -1.78. The van der Waals surface area contributed by atoms with Crippen molar-refractivity contribution in [3.05, 3.63) is 60.2 Å². The van der Waals surface area contributed by atoms with Crippen LogP contribution < -0.4 is 0 Å². The Kier molecular flexibility index (Phi) is 4.80. The molecule has 0 aromatic heterocycles. The maximum atomic E-state index is 12.8. The Morgan fingerprint density at radius 1 is 1.14 bits per heavy atom. The molecule has 1 unspecified atom stereocenters. The fraction of sp³-hybridized carbons (Fsp3) is 0.278. The van der Waals surface area contributed by atoms with E-state index in [1.165, 1.54) is 0 Å². The van der Waals surface area contributed by atoms with Gasteiger partial charge in [-0.05, 0) is 37.1 Å². The van der Waals surface area contributed by atoms with Crippen molar-refractivity contribution in [3.8, 4) is 0 Å². The standard InChI is InChI=1S/C18H19NO2S/c20-13-14-7-6-12-19(14)18(21)16-10-4-5-11-17(16)22-15-8-2-1-3-9-15/h1-5,8-11,14,20H,6-7,12-13H2. The highest BCUT2D eigenvalue weighted by molar-refractivity contribution is 7.99. The van der Waals surface area contributed by atoms with Gasteiger partial charge in [-0.1, -0.05) is 42.1 Å². The van der Waals surface area contributed by atoms with E-state index in [4.69, 9.17) is 0 Å². The molecule has 114 valence electrons. The van der Waals surface area contributed by atoms with Crippen LogP contribution in [0.25, 0.3) is 0 Å². The monoisotopic (exact) mass is 313 g/mol. The summed E-state index contributed by atoms with van der Waals surface area (Å²) in [6, 6.07) is 17.7. The molecule has 1 amide bonds. The van der Waals surface area contributed by atoms with E-state index < -0.39 is 0 Å². The van der Waals surface area contributed by atoms with Gasteiger partial charge in [0.15, 0.2) is 0 Å². The number of nitrogens with zero attached hydrogens (tertiary/aromatic N) is 1. The van der Waals surface area contributed by atoms with Gasteiger partial charge in [0, 0.05) is 16.3 Å². The number of hydrogen-bond donors (Lipinski definition) is 1. The van der Waals surface area contributed by atoms with Crippen LogP contribution in [0.15, 0.2) is 64.4 Å². The van der Waals surface area contributed by atoms with E-state index in [-0.39, 0.29) is 18.6 Å². The van der Waals surface area contributed by atoms with Crippen molar-refractivity contribution in [3.63, 3.8) is 0 Å². The molecule has 2 aromatic carbocycles. The topological polar surface area (TPSA) is 40.5 Å². The van der Waals surface area contributed by atoms with Crippen molar-refractivity contribution in [2.45, 2.75) is 28.7 Å². The first-order valence-corrected chi connectivity index (χ1v) is 8.35. The minimum absolute atomic E-state index is 0.0237. The van der Waals surface area contributed by atoms with E-state index in [9.17, 15) is 9.90 Å². The molecule has 22 heavy (non-hydrogen) atoms. The van der Waals surface area contributed by atoms with Crippen LogP contribution in [0.5, 0.6) is 0 Å². The molecule has 4 heteroatoms. The Balaban J connectivity index is 1.86. The van der Waals surface area contributed by atoms with Gasteiger partial charge in [0.05, 0.1) is 18.2 Å². The summed E-state index contributed by atoms with van der Waals surface area (Å²) in [5, 5.41) is 9.44. The first kappa shape index (κ1) is 15.1. The van der Waals surface area contributed by atoms with Gasteiger partial charge in [0.25, 0.3) is 5.91 Å². The van der Waals surface area contributed by atoms with E-state index in [0.717, 1.165) is 34.7 Å². The molecule has 0 spiro atoms. The number of rotatable bonds is 4. The maximum Gasteiger partial charge on any atom is 0.255 e. The number of carbonyl (C=O) groups excluding carboxylic acids is 1. The van der Waals surface area contributed by atoms with Gasteiger partial charge in [0.2, 0.25) is 0 Å². The average molecular weight is 313 g/mol. The number of likely N-dealkylation sites (tertiary alicyclic amines) is 1. The number of hydrogen-bond acceptors (Lipinski definition) is 3. The molecule has 1 aliphatic rings. The lowest BCUT2D eigenvalue weighted by atomic mass is 10.1. The molecule has 1 atom stereocenters. The highest BCUT2D eigenvalue weighted by Gasteiger charge is 2.29. The van der Waals surface area contributed by atoms with Crippen LogP contribution in [-0.2, 0) is 0 Å². The number of carbonyl (C=O) groups is 1. The highest BCUT2D eigenvalue weighted by Crippen LogP contribution is 2.32. The van der Waals surface area contributed by atoms with Crippen LogP contribution in [0.2, 0.25) is 0 Å². The lowest BCUT2D eigenvalue weighted by molar-refractivity contribution is 0.0674. The van der Waals surface area contributed by atoms with Crippen LogP contribution >= 0.6 is 11.8 Å². The third-order valence-corrected chi connectivity index (χ3v) is 5.02. The lowest BCUT2D eigenvalue weighted by Gasteiger charge is -2.24. The predicted molar refractivity (Wildman–Crippen MR) is 88.2 cm³/mol. The normalized spacial score (nSPS) is 17.7. The minimum Gasteiger partial charge on any atom is -0.394 e. The third-order valence-electron chi connectivity index (χ3n) is 3.94. The van der Waals surface area contributed by atoms with Crippen molar-refractivity contribution in [2.24, 2.45) is 0 Å². The first-order valence-electron chi connectivity index (χ1n) is 7.53. The minimum atomic E-state index is -0.0396. The van der Waals surface area contributed by atoms with Crippen molar-refractivity contribution in [2.75, 3.05) is 13.2 Å². The molecule has 3 nitrogen and oxygen atoms in total. The van der Waals surface area contributed by atoms with Crippen molar-refractivity contribution in [1.29, 1.82) is 0 Å². The molecule has 1 N–H and O–H groups in total. The molecule has 0 bridgehead atoms. The van der Waals surface area contributed by atoms with E-state index in [2.05, 4.69) is 0 Å². The van der Waals surface area contributed by atoms with Gasteiger partial charge < -0.3 is 10.0 Å². The molecule has 0 radical (unpaired) electrons. The first-order chi connectivity index (χ1) is 10.8. The van der Waals surface area contributed by atoms with Crippen LogP contribution in [-0.4, -0.2) is 35.1 Å². The van der Waals surface area contributed by atoms with E-state index in [1.54, 1.807) is 11.8 Å². The van der Waals surface area contributed by atoms with Gasteiger partial charge in [-0.15, -0.1) is 0 Å². The number of aliphatic hydroxyl groups is 1. The fourth-order valence-corrected chi connectivity index (χ4v) is 3.75. The Labute approximate surface area is 135 Å². The Bertz CT molecular complexity index is 645. The maximum absolute atomic E-state index is 12.8. The molecule has 1 heterocycles. The zero-order valence-corrected chi connectivity index (χ0v) is 13.1. The zero-order valence-electron chi connectivity index (χ0n) is 12.3. The summed E-state index contributed by atoms with van der Waals surface area (Å²) in [6.07, 6.45) is 1.85. The molecule has 2 aromatic rings. The lowest BCUT2D eigenvalue weighted by Crippen LogP contribution is -2.37. The summed E-state index contributed by atoms with van der Waals surface area (Å²) >= 11 is 1.60. The van der Waals surface area contributed by atoms with E-state index in [0.29, 0.717) is 0 Å². The fourth-order valence-electron chi connectivity index (χ4n) is 2.80. The second kappa shape index (κ2) is 6.99. The molecule has 1 saturated heterocycles. The van der Waals surface area contributed by atoms with Crippen molar-refractivity contribution < 1.29 is 9.90 Å². The summed E-state index contributed by atoms with van der Waals surface area (Å²) in [4.78, 5) is 16.7. The van der Waals surface area contributed by atoms with Gasteiger partial charge in [-0.25, -0.2) is 0 Å². The Morgan fingerprint density at radius 3 is 2.64 bits per heavy atom. The SMILES string of the molecule is O=C(c1ccccc1Sc1ccccc1)N1CCCC1CO. The van der Waals surface area contributed by atoms with Crippen molar-refractivity contribution >= 4 is 17.7 Å². The second-order valence-corrected chi connectivity index (χ2v) is 6.50. The number of benzene rings is 2. The van der Waals surface area contributed by atoms with Crippen LogP contribution in [0.3, 0.4) is 0 Å². The van der Waals surface area contributed by atoms with Crippen molar-refractivity contribution in [1.82, 2.24) is 4.90 Å². The summed E-state index contributed by atoms with van der Waals surface area (Å²) in [7, 11) is 0. The number of amides is 1. The van der Waals surface area contributed by atoms with Crippen LogP contribution in [0.1, 0.15) is 23.2 Å². The largest absolute Gasteiger partial charge is 0.394 e. The zero-order chi connectivity index (χ0) is 15.4. The Morgan fingerprint density at radius 2 is 1.86 bits per heavy atom. The highest BCUT2D eigenvalue weighted by atomic mass is 32.2. The summed E-state index contributed by atoms with van der Waals surface area (Å²) in [5.41, 5.74) is 0.719. The van der Waals surface area contributed by atoms with Gasteiger partial charge in [0.1, 0.15) is 0 Å². The van der Waals surface area contributed by atoms with Crippen LogP contribution in [0, 0.1) is 0 Å². The smallest absolute Gasteiger partial charge is 0.255 e. The molecule has 3 rings (SSSR count). The van der Waals surface area contributed by atoms with Crippen LogP contribution in [0.4, 0.5) is 0 Å². The number of aliphatic hydroxyl groups excluding tert-OH is 1. The molecular weight excluding hydrogens is 294 g/mol. The summed E-state index contributed by atoms with van der Waals surface area (Å²) < 4.78 is 0. The average Bonchev–Trinajstić information content (AvgIpc) is 3.04. The molecular formula is C18H19NO2S. The summed E-state index contributed by atoms with van der Waals surface area (Å²) in [5.74, 6) is 0.0237. The summed E-state index contributed by atoms with van der Waals surface area (Å²) in [6.45, 7) is 0.772.